The second-order valence-corrected chi connectivity index (χ2v) is 6.98. The molecule has 3 aromatic rings. The van der Waals surface area contributed by atoms with Gasteiger partial charge in [-0.1, -0.05) is 12.1 Å². The maximum atomic E-state index is 12.5. The Balaban J connectivity index is 1.75. The summed E-state index contributed by atoms with van der Waals surface area (Å²) in [5.74, 6) is -0.310. The van der Waals surface area contributed by atoms with Crippen molar-refractivity contribution in [3.05, 3.63) is 68.5 Å². The quantitative estimate of drug-likeness (QED) is 0.677. The van der Waals surface area contributed by atoms with Crippen LogP contribution in [0.5, 0.6) is 0 Å². The molecule has 0 atom stereocenters. The Kier molecular flexibility index (Phi) is 5.81. The number of fused-ring (bicyclic) bond motifs is 1. The van der Waals surface area contributed by atoms with Crippen molar-refractivity contribution in [2.75, 3.05) is 24.5 Å². The normalized spacial score (nSPS) is 10.9. The minimum absolute atomic E-state index is 0.234. The van der Waals surface area contributed by atoms with E-state index in [9.17, 15) is 14.4 Å². The minimum Gasteiger partial charge on any atom is -0.370 e. The van der Waals surface area contributed by atoms with Crippen LogP contribution < -0.4 is 21.5 Å². The summed E-state index contributed by atoms with van der Waals surface area (Å²) < 4.78 is 2.30. The van der Waals surface area contributed by atoms with E-state index in [4.69, 9.17) is 0 Å². The third kappa shape index (κ3) is 4.06. The number of hydrogen-bond donors (Lipinski definition) is 1. The first-order valence-electron chi connectivity index (χ1n) is 9.49. The predicted octanol–water partition coefficient (Wildman–Crippen LogP) is 1.20. The van der Waals surface area contributed by atoms with E-state index >= 15 is 0 Å². The van der Waals surface area contributed by atoms with Crippen molar-refractivity contribution in [3.8, 4) is 0 Å². The average molecular weight is 395 g/mol. The van der Waals surface area contributed by atoms with Gasteiger partial charge in [0, 0.05) is 45.6 Å². The first-order valence-corrected chi connectivity index (χ1v) is 9.49. The van der Waals surface area contributed by atoms with Gasteiger partial charge in [0.25, 0.3) is 11.5 Å². The van der Waals surface area contributed by atoms with E-state index in [0.717, 1.165) is 16.8 Å². The van der Waals surface area contributed by atoms with Crippen molar-refractivity contribution in [2.24, 2.45) is 14.1 Å². The van der Waals surface area contributed by atoms with Gasteiger partial charge in [-0.25, -0.2) is 9.78 Å². The molecule has 1 N–H and O–H groups in total. The maximum absolute atomic E-state index is 12.5. The zero-order chi connectivity index (χ0) is 21.1. The monoisotopic (exact) mass is 395 g/mol. The molecule has 8 heteroatoms. The molecule has 0 aliphatic rings. The van der Waals surface area contributed by atoms with Gasteiger partial charge in [0.15, 0.2) is 0 Å². The number of amides is 1. The van der Waals surface area contributed by atoms with Gasteiger partial charge in [-0.05, 0) is 37.6 Å². The molecule has 2 heterocycles. The molecule has 0 bridgehead atoms. The van der Waals surface area contributed by atoms with Crippen molar-refractivity contribution in [3.63, 3.8) is 0 Å². The second kappa shape index (κ2) is 8.30. The fourth-order valence-electron chi connectivity index (χ4n) is 3.29. The smallest absolute Gasteiger partial charge is 0.332 e. The molecule has 0 saturated carbocycles. The highest BCUT2D eigenvalue weighted by molar-refractivity contribution is 5.96. The number of nitrogens with one attached hydrogen (secondary N) is 1. The molecule has 0 unspecified atom stereocenters. The van der Waals surface area contributed by atoms with Gasteiger partial charge < -0.3 is 10.2 Å². The lowest BCUT2D eigenvalue weighted by atomic mass is 10.2. The minimum atomic E-state index is -0.471. The molecule has 152 valence electrons. The second-order valence-electron chi connectivity index (χ2n) is 6.98. The van der Waals surface area contributed by atoms with Crippen LogP contribution in [0.4, 0.5) is 5.69 Å². The summed E-state index contributed by atoms with van der Waals surface area (Å²) >= 11 is 0. The number of nitrogens with zero attached hydrogens (tertiary/aromatic N) is 4. The third-order valence-electron chi connectivity index (χ3n) is 4.97. The van der Waals surface area contributed by atoms with Crippen LogP contribution in [0, 0.1) is 6.92 Å². The molecule has 2 aromatic heterocycles. The molecule has 1 amide bonds. The Hall–Kier alpha value is -3.42. The number of anilines is 1. The van der Waals surface area contributed by atoms with Gasteiger partial charge in [0.05, 0.1) is 10.9 Å². The van der Waals surface area contributed by atoms with Crippen LogP contribution in [0.1, 0.15) is 22.8 Å². The molecule has 0 aliphatic heterocycles. The summed E-state index contributed by atoms with van der Waals surface area (Å²) in [6, 6.07) is 9.70. The zero-order valence-corrected chi connectivity index (χ0v) is 17.1. The van der Waals surface area contributed by atoms with Gasteiger partial charge in [-0.15, -0.1) is 0 Å². The van der Waals surface area contributed by atoms with Crippen LogP contribution in [0.15, 0.2) is 46.1 Å². The van der Waals surface area contributed by atoms with Crippen molar-refractivity contribution in [1.29, 1.82) is 0 Å². The molecule has 29 heavy (non-hydrogen) atoms. The molecule has 0 saturated heterocycles. The highest BCUT2D eigenvalue weighted by Gasteiger charge is 2.14. The Morgan fingerprint density at radius 1 is 1.17 bits per heavy atom. The van der Waals surface area contributed by atoms with E-state index in [0.29, 0.717) is 13.1 Å². The highest BCUT2D eigenvalue weighted by atomic mass is 16.2. The maximum Gasteiger partial charge on any atom is 0.332 e. The molecule has 0 spiro atoms. The van der Waals surface area contributed by atoms with Crippen molar-refractivity contribution in [1.82, 2.24) is 19.4 Å². The molecular formula is C21H25N5O3. The standard InChI is InChI=1S/C21H25N5O3/c1-5-26(16-8-6-7-14(2)11-16)10-9-22-19(27)15-12-17-18(23-13-15)24(3)21(29)25(4)20(17)28/h6-8,11-13H,5,9-10H2,1-4H3,(H,22,27). The lowest BCUT2D eigenvalue weighted by molar-refractivity contribution is 0.0954. The lowest BCUT2D eigenvalue weighted by Gasteiger charge is -2.23. The Labute approximate surface area is 168 Å². The van der Waals surface area contributed by atoms with Crippen LogP contribution in [0.25, 0.3) is 11.0 Å². The van der Waals surface area contributed by atoms with Gasteiger partial charge in [-0.3, -0.25) is 18.7 Å². The number of benzene rings is 1. The summed E-state index contributed by atoms with van der Waals surface area (Å²) in [5.41, 5.74) is 1.91. The summed E-state index contributed by atoms with van der Waals surface area (Å²) in [5, 5.41) is 3.11. The first-order chi connectivity index (χ1) is 13.8. The number of hydrogen-bond acceptors (Lipinski definition) is 5. The van der Waals surface area contributed by atoms with Crippen LogP contribution >= 0.6 is 0 Å². The predicted molar refractivity (Wildman–Crippen MR) is 114 cm³/mol. The molecule has 0 aliphatic carbocycles. The van der Waals surface area contributed by atoms with E-state index in [2.05, 4.69) is 28.2 Å². The zero-order valence-electron chi connectivity index (χ0n) is 17.1. The number of likely N-dealkylation sites (N-methyl/N-ethyl adjacent to an activating group) is 1. The summed E-state index contributed by atoms with van der Waals surface area (Å²) in [7, 11) is 2.95. The van der Waals surface area contributed by atoms with E-state index in [1.807, 2.05) is 25.1 Å². The molecular weight excluding hydrogens is 370 g/mol. The number of rotatable bonds is 6. The van der Waals surface area contributed by atoms with Crippen LogP contribution in [0.2, 0.25) is 0 Å². The number of carbonyl (C=O) groups is 1. The Morgan fingerprint density at radius 2 is 1.93 bits per heavy atom. The van der Waals surface area contributed by atoms with Crippen LogP contribution in [-0.4, -0.2) is 39.7 Å². The summed E-state index contributed by atoms with van der Waals surface area (Å²) in [6.45, 7) is 6.04. The summed E-state index contributed by atoms with van der Waals surface area (Å²) in [6.07, 6.45) is 1.38. The van der Waals surface area contributed by atoms with E-state index in [1.165, 1.54) is 29.4 Å². The molecule has 8 nitrogen and oxygen atoms in total. The first kappa shape index (κ1) is 20.3. The van der Waals surface area contributed by atoms with Crippen molar-refractivity contribution in [2.45, 2.75) is 13.8 Å². The largest absolute Gasteiger partial charge is 0.370 e. The van der Waals surface area contributed by atoms with Crippen molar-refractivity contribution < 1.29 is 4.79 Å². The van der Waals surface area contributed by atoms with Crippen molar-refractivity contribution >= 4 is 22.6 Å². The van der Waals surface area contributed by atoms with Gasteiger partial charge >= 0.3 is 5.69 Å². The molecule has 0 radical (unpaired) electrons. The van der Waals surface area contributed by atoms with E-state index in [1.54, 1.807) is 7.05 Å². The number of aromatic nitrogens is 3. The summed E-state index contributed by atoms with van der Waals surface area (Å²) in [4.78, 5) is 43.3. The topological polar surface area (TPSA) is 89.2 Å². The van der Waals surface area contributed by atoms with Crippen LogP contribution in [0.3, 0.4) is 0 Å². The Bertz CT molecular complexity index is 1180. The SMILES string of the molecule is CCN(CCNC(=O)c1cnc2c(c1)c(=O)n(C)c(=O)n2C)c1cccc(C)c1. The fraction of sp³-hybridized carbons (Fsp3) is 0.333. The van der Waals surface area contributed by atoms with E-state index in [-0.39, 0.29) is 22.5 Å². The average Bonchev–Trinajstić information content (AvgIpc) is 2.73. The van der Waals surface area contributed by atoms with Crippen LogP contribution in [-0.2, 0) is 14.1 Å². The Morgan fingerprint density at radius 3 is 2.62 bits per heavy atom. The van der Waals surface area contributed by atoms with Gasteiger partial charge in [-0.2, -0.15) is 0 Å². The third-order valence-corrected chi connectivity index (χ3v) is 4.97. The molecule has 3 rings (SSSR count). The molecule has 1 aromatic carbocycles. The van der Waals surface area contributed by atoms with Gasteiger partial charge in [0.1, 0.15) is 5.65 Å². The molecule has 0 fully saturated rings. The fourth-order valence-corrected chi connectivity index (χ4v) is 3.29. The number of carbonyl (C=O) groups excluding carboxylic acids is 1. The number of aryl methyl sites for hydroxylation is 2. The van der Waals surface area contributed by atoms with Gasteiger partial charge in [0.2, 0.25) is 0 Å². The van der Waals surface area contributed by atoms with E-state index < -0.39 is 11.2 Å². The lowest BCUT2D eigenvalue weighted by Crippen LogP contribution is -2.38. The highest BCUT2D eigenvalue weighted by Crippen LogP contribution is 2.15. The number of pyridine rings is 1.